The van der Waals surface area contributed by atoms with E-state index in [4.69, 9.17) is 4.74 Å². The highest BCUT2D eigenvalue weighted by atomic mass is 16.5. The summed E-state index contributed by atoms with van der Waals surface area (Å²) in [6.45, 7) is 1.97. The summed E-state index contributed by atoms with van der Waals surface area (Å²) in [6, 6.07) is 3.93. The predicted octanol–water partition coefficient (Wildman–Crippen LogP) is 2.12. The van der Waals surface area contributed by atoms with Crippen LogP contribution in [0.4, 0.5) is 0 Å². The van der Waals surface area contributed by atoms with Crippen molar-refractivity contribution in [3.63, 3.8) is 0 Å². The molecule has 0 amide bonds. The first kappa shape index (κ1) is 14.3. The van der Waals surface area contributed by atoms with Crippen LogP contribution in [0.1, 0.15) is 37.7 Å². The lowest BCUT2D eigenvalue weighted by Crippen LogP contribution is -2.38. The fourth-order valence-electron chi connectivity index (χ4n) is 2.84. The first-order valence-corrected chi connectivity index (χ1v) is 7.08. The van der Waals surface area contributed by atoms with Gasteiger partial charge in [0.1, 0.15) is 0 Å². The number of aliphatic hydroxyl groups excluding tert-OH is 1. The van der Waals surface area contributed by atoms with Crippen LogP contribution in [-0.4, -0.2) is 30.4 Å². The van der Waals surface area contributed by atoms with Crippen molar-refractivity contribution in [2.24, 2.45) is 5.41 Å². The summed E-state index contributed by atoms with van der Waals surface area (Å²) in [5, 5.41) is 13.1. The molecule has 4 heteroatoms. The van der Waals surface area contributed by atoms with Gasteiger partial charge in [-0.3, -0.25) is 0 Å². The highest BCUT2D eigenvalue weighted by Gasteiger charge is 2.30. The zero-order valence-corrected chi connectivity index (χ0v) is 11.7. The molecular weight excluding hydrogens is 240 g/mol. The molecule has 0 unspecified atom stereocenters. The highest BCUT2D eigenvalue weighted by molar-refractivity contribution is 5.20. The van der Waals surface area contributed by atoms with Gasteiger partial charge in [-0.2, -0.15) is 0 Å². The first-order chi connectivity index (χ1) is 9.28. The van der Waals surface area contributed by atoms with E-state index in [0.717, 1.165) is 31.5 Å². The molecule has 0 spiro atoms. The Morgan fingerprint density at radius 1 is 1.37 bits per heavy atom. The Morgan fingerprint density at radius 2 is 2.16 bits per heavy atom. The minimum absolute atomic E-state index is 0.0926. The Balaban J connectivity index is 1.84. The van der Waals surface area contributed by atoms with E-state index >= 15 is 0 Å². The average Bonchev–Trinajstić information content (AvgIpc) is 2.48. The van der Waals surface area contributed by atoms with E-state index in [2.05, 4.69) is 10.3 Å². The van der Waals surface area contributed by atoms with Gasteiger partial charge in [0, 0.05) is 37.4 Å². The number of hydrogen-bond donors (Lipinski definition) is 2. The normalized spacial score (nSPS) is 18.2. The van der Waals surface area contributed by atoms with Gasteiger partial charge >= 0.3 is 0 Å². The number of hydrogen-bond acceptors (Lipinski definition) is 4. The number of pyridine rings is 1. The smallest absolute Gasteiger partial charge is 0.213 e. The van der Waals surface area contributed by atoms with Gasteiger partial charge in [0.2, 0.25) is 5.88 Å². The summed E-state index contributed by atoms with van der Waals surface area (Å²) in [6.07, 6.45) is 7.82. The van der Waals surface area contributed by atoms with Gasteiger partial charge in [-0.25, -0.2) is 4.98 Å². The summed E-state index contributed by atoms with van der Waals surface area (Å²) in [4.78, 5) is 4.10. The molecule has 0 aromatic carbocycles. The summed E-state index contributed by atoms with van der Waals surface area (Å²) in [7, 11) is 1.63. The molecule has 0 atom stereocenters. The number of methoxy groups -OCH3 is 1. The third-order valence-corrected chi connectivity index (χ3v) is 4.09. The minimum atomic E-state index is 0.0926. The average molecular weight is 264 g/mol. The maximum Gasteiger partial charge on any atom is 0.213 e. The summed E-state index contributed by atoms with van der Waals surface area (Å²) in [5.41, 5.74) is 1.26. The number of aliphatic hydroxyl groups is 1. The maximum atomic E-state index is 9.65. The van der Waals surface area contributed by atoms with E-state index in [9.17, 15) is 5.11 Å². The molecule has 4 nitrogen and oxygen atoms in total. The van der Waals surface area contributed by atoms with Gasteiger partial charge in [-0.05, 0) is 24.5 Å². The molecule has 1 heterocycles. The molecule has 1 fully saturated rings. The van der Waals surface area contributed by atoms with Crippen LogP contribution in [0.2, 0.25) is 0 Å². The third kappa shape index (κ3) is 3.91. The molecule has 0 saturated heterocycles. The van der Waals surface area contributed by atoms with Crippen molar-refractivity contribution >= 4 is 0 Å². The first-order valence-electron chi connectivity index (χ1n) is 7.08. The largest absolute Gasteiger partial charge is 0.481 e. The lowest BCUT2D eigenvalue weighted by molar-refractivity contribution is 0.0810. The van der Waals surface area contributed by atoms with Crippen LogP contribution in [-0.2, 0) is 6.54 Å². The lowest BCUT2D eigenvalue weighted by atomic mass is 9.74. The van der Waals surface area contributed by atoms with Crippen molar-refractivity contribution in [3.8, 4) is 5.88 Å². The van der Waals surface area contributed by atoms with Crippen molar-refractivity contribution in [1.29, 1.82) is 0 Å². The number of aromatic nitrogens is 1. The second-order valence-corrected chi connectivity index (χ2v) is 5.53. The van der Waals surface area contributed by atoms with Crippen molar-refractivity contribution in [1.82, 2.24) is 10.3 Å². The molecule has 0 aliphatic heterocycles. The summed E-state index contributed by atoms with van der Waals surface area (Å²) in [5.74, 6) is 0.647. The topological polar surface area (TPSA) is 54.4 Å². The van der Waals surface area contributed by atoms with E-state index in [1.807, 2.05) is 12.1 Å². The molecule has 1 aromatic rings. The third-order valence-electron chi connectivity index (χ3n) is 4.09. The van der Waals surface area contributed by atoms with Crippen molar-refractivity contribution in [2.75, 3.05) is 20.3 Å². The number of ether oxygens (including phenoxy) is 1. The van der Waals surface area contributed by atoms with Crippen LogP contribution in [0.25, 0.3) is 0 Å². The quantitative estimate of drug-likeness (QED) is 0.826. The zero-order valence-electron chi connectivity index (χ0n) is 11.7. The molecule has 19 heavy (non-hydrogen) atoms. The van der Waals surface area contributed by atoms with Crippen LogP contribution in [0, 0.1) is 5.41 Å². The van der Waals surface area contributed by atoms with Gasteiger partial charge in [-0.1, -0.05) is 19.3 Å². The predicted molar refractivity (Wildman–Crippen MR) is 75.1 cm³/mol. The van der Waals surface area contributed by atoms with Crippen molar-refractivity contribution < 1.29 is 9.84 Å². The van der Waals surface area contributed by atoms with Gasteiger partial charge in [0.15, 0.2) is 0 Å². The summed E-state index contributed by atoms with van der Waals surface area (Å²) < 4.78 is 5.11. The Hall–Kier alpha value is -1.13. The highest BCUT2D eigenvalue weighted by Crippen LogP contribution is 2.35. The maximum absolute atomic E-state index is 9.65. The summed E-state index contributed by atoms with van der Waals surface area (Å²) >= 11 is 0. The van der Waals surface area contributed by atoms with Gasteiger partial charge in [0.25, 0.3) is 0 Å². The number of nitrogens with zero attached hydrogens (tertiary/aromatic N) is 1. The Kier molecular flexibility index (Phi) is 5.16. The Bertz CT molecular complexity index is 389. The second kappa shape index (κ2) is 6.87. The van der Waals surface area contributed by atoms with E-state index in [1.165, 1.54) is 19.3 Å². The Morgan fingerprint density at radius 3 is 2.84 bits per heavy atom. The number of nitrogens with one attached hydrogen (secondary N) is 1. The zero-order chi connectivity index (χ0) is 13.6. The van der Waals surface area contributed by atoms with E-state index in [0.29, 0.717) is 12.5 Å². The van der Waals surface area contributed by atoms with Gasteiger partial charge in [0.05, 0.1) is 7.11 Å². The van der Waals surface area contributed by atoms with Crippen LogP contribution in [0.15, 0.2) is 18.3 Å². The molecule has 0 radical (unpaired) electrons. The van der Waals surface area contributed by atoms with Gasteiger partial charge in [-0.15, -0.1) is 0 Å². The van der Waals surface area contributed by atoms with Crippen LogP contribution in [0.5, 0.6) is 5.88 Å². The fraction of sp³-hybridized carbons (Fsp3) is 0.667. The second-order valence-electron chi connectivity index (χ2n) is 5.53. The molecule has 106 valence electrons. The lowest BCUT2D eigenvalue weighted by Gasteiger charge is -2.35. The van der Waals surface area contributed by atoms with Crippen LogP contribution in [0.3, 0.4) is 0 Å². The van der Waals surface area contributed by atoms with Crippen LogP contribution >= 0.6 is 0 Å². The molecule has 2 N–H and O–H groups in total. The molecule has 2 rings (SSSR count). The van der Waals surface area contributed by atoms with Crippen LogP contribution < -0.4 is 10.1 Å². The molecular formula is C15H24N2O2. The number of rotatable bonds is 6. The standard InChI is InChI=1S/C15H24N2O2/c1-19-14-9-13(5-8-17-14)10-16-11-15(12-18)6-3-2-4-7-15/h5,8-9,16,18H,2-4,6-7,10-12H2,1H3. The minimum Gasteiger partial charge on any atom is -0.481 e. The SMILES string of the molecule is COc1cc(CNCC2(CO)CCCCC2)ccn1. The Labute approximate surface area is 115 Å². The molecule has 1 saturated carbocycles. The molecule has 0 bridgehead atoms. The van der Waals surface area contributed by atoms with Crippen molar-refractivity contribution in [3.05, 3.63) is 23.9 Å². The molecule has 1 aromatic heterocycles. The monoisotopic (exact) mass is 264 g/mol. The van der Waals surface area contributed by atoms with E-state index < -0.39 is 0 Å². The molecule has 1 aliphatic rings. The van der Waals surface area contributed by atoms with E-state index in [1.54, 1.807) is 13.3 Å². The van der Waals surface area contributed by atoms with Crippen molar-refractivity contribution in [2.45, 2.75) is 38.6 Å². The van der Waals surface area contributed by atoms with Gasteiger partial charge < -0.3 is 15.2 Å². The molecule has 1 aliphatic carbocycles. The van der Waals surface area contributed by atoms with E-state index in [-0.39, 0.29) is 5.41 Å². The fourth-order valence-corrected chi connectivity index (χ4v) is 2.84.